The molecule has 0 radical (unpaired) electrons. The molecule has 5 aromatic rings. The molecule has 0 spiro atoms. The number of carbonyl (C=O) groups excluding carboxylic acids is 1. The van der Waals surface area contributed by atoms with E-state index in [4.69, 9.17) is 20.9 Å². The summed E-state index contributed by atoms with van der Waals surface area (Å²) >= 11 is 6.66. The zero-order valence-corrected chi connectivity index (χ0v) is 26.0. The minimum atomic E-state index is -1.25. The number of amides is 1. The molecule has 1 aliphatic carbocycles. The first-order valence-electron chi connectivity index (χ1n) is 15.1. The number of pyridine rings is 1. The van der Waals surface area contributed by atoms with E-state index in [2.05, 4.69) is 15.4 Å². The molecule has 1 aliphatic rings. The van der Waals surface area contributed by atoms with E-state index in [0.717, 1.165) is 30.3 Å². The summed E-state index contributed by atoms with van der Waals surface area (Å²) in [6.45, 7) is 2.39. The fraction of sp³-hybridized carbons (Fsp3) is 0.343. The van der Waals surface area contributed by atoms with Gasteiger partial charge in [0.15, 0.2) is 0 Å². The Labute approximate surface area is 261 Å². The molecular formula is C35H37ClN4O4. The highest BCUT2D eigenvalue weighted by atomic mass is 35.5. The molecule has 2 aromatic heterocycles. The molecule has 3 aromatic carbocycles. The fourth-order valence-electron chi connectivity index (χ4n) is 6.49. The summed E-state index contributed by atoms with van der Waals surface area (Å²) in [5, 5.41) is 9.21. The largest absolute Gasteiger partial charge is 0.473 e. The Balaban J connectivity index is 1.36. The maximum absolute atomic E-state index is 14.5. The average molecular weight is 613 g/mol. The second kappa shape index (κ2) is 12.5. The number of hydrogen-bond acceptors (Lipinski definition) is 6. The number of para-hydroxylation sites is 1. The minimum Gasteiger partial charge on any atom is -0.473 e. The Hall–Kier alpha value is -4.14. The zero-order valence-electron chi connectivity index (χ0n) is 25.3. The Bertz CT molecular complexity index is 1840. The number of rotatable bonds is 9. The van der Waals surface area contributed by atoms with Gasteiger partial charge < -0.3 is 24.0 Å². The molecule has 1 N–H and O–H groups in total. The van der Waals surface area contributed by atoms with Crippen molar-refractivity contribution < 1.29 is 14.1 Å². The monoisotopic (exact) mass is 612 g/mol. The van der Waals surface area contributed by atoms with E-state index < -0.39 is 5.60 Å². The van der Waals surface area contributed by atoms with Gasteiger partial charge in [-0.1, -0.05) is 71.4 Å². The van der Waals surface area contributed by atoms with Crippen molar-refractivity contribution >= 4 is 39.3 Å². The summed E-state index contributed by atoms with van der Waals surface area (Å²) in [6.07, 6.45) is 3.49. The van der Waals surface area contributed by atoms with Gasteiger partial charge in [-0.15, -0.1) is 0 Å². The fourth-order valence-corrected chi connectivity index (χ4v) is 6.75. The lowest BCUT2D eigenvalue weighted by Crippen LogP contribution is -2.53. The van der Waals surface area contributed by atoms with Gasteiger partial charge in [0.05, 0.1) is 10.5 Å². The van der Waals surface area contributed by atoms with Gasteiger partial charge in [0, 0.05) is 36.0 Å². The van der Waals surface area contributed by atoms with Gasteiger partial charge in [-0.25, -0.2) is 0 Å². The molecule has 2 heterocycles. The lowest BCUT2D eigenvalue weighted by Gasteiger charge is -2.38. The molecule has 1 amide bonds. The second-order valence-electron chi connectivity index (χ2n) is 11.9. The van der Waals surface area contributed by atoms with Crippen LogP contribution in [0.1, 0.15) is 49.5 Å². The smallest absolute Gasteiger partial charge is 0.269 e. The Morgan fingerprint density at radius 1 is 1.05 bits per heavy atom. The van der Waals surface area contributed by atoms with Crippen LogP contribution < -0.4 is 15.6 Å². The van der Waals surface area contributed by atoms with Crippen LogP contribution in [0, 0.1) is 6.92 Å². The predicted octanol–water partition coefficient (Wildman–Crippen LogP) is 6.63. The number of nitrogens with zero attached hydrogens (tertiary/aromatic N) is 3. The van der Waals surface area contributed by atoms with Crippen molar-refractivity contribution in [1.82, 2.24) is 19.9 Å². The summed E-state index contributed by atoms with van der Waals surface area (Å²) < 4.78 is 14.0. The molecule has 1 fully saturated rings. The molecule has 0 saturated heterocycles. The van der Waals surface area contributed by atoms with Crippen LogP contribution in [0.15, 0.2) is 88.2 Å². The van der Waals surface area contributed by atoms with Crippen molar-refractivity contribution in [3.8, 4) is 5.75 Å². The third-order valence-corrected chi connectivity index (χ3v) is 9.00. The summed E-state index contributed by atoms with van der Waals surface area (Å²) in [6, 6.07) is 24.4. The van der Waals surface area contributed by atoms with Crippen LogP contribution in [0.25, 0.3) is 21.8 Å². The molecule has 9 heteroatoms. The first-order valence-corrected chi connectivity index (χ1v) is 15.5. The highest BCUT2D eigenvalue weighted by Gasteiger charge is 2.44. The molecular weight excluding hydrogens is 576 g/mol. The molecule has 6 rings (SSSR count). The number of aromatic nitrogens is 2. The van der Waals surface area contributed by atoms with E-state index in [1.165, 1.54) is 0 Å². The quantitative estimate of drug-likeness (QED) is 0.201. The molecule has 228 valence electrons. The number of hydrogen-bond donors (Lipinski definition) is 1. The number of nitrogens with one attached hydrogen (secondary N) is 1. The topological polar surface area (TPSA) is 89.6 Å². The van der Waals surface area contributed by atoms with Crippen LogP contribution in [-0.2, 0) is 10.4 Å². The number of fused-ring (bicyclic) bond motifs is 3. The van der Waals surface area contributed by atoms with Crippen LogP contribution in [0.5, 0.6) is 5.75 Å². The summed E-state index contributed by atoms with van der Waals surface area (Å²) in [5.41, 5.74) is 0.590. The van der Waals surface area contributed by atoms with Crippen molar-refractivity contribution in [2.75, 3.05) is 20.6 Å². The molecule has 44 heavy (non-hydrogen) atoms. The van der Waals surface area contributed by atoms with Crippen molar-refractivity contribution in [3.05, 3.63) is 106 Å². The van der Waals surface area contributed by atoms with Gasteiger partial charge in [0.2, 0.25) is 5.60 Å². The summed E-state index contributed by atoms with van der Waals surface area (Å²) in [5.74, 6) is 0.900. The summed E-state index contributed by atoms with van der Waals surface area (Å²) in [7, 11) is 3.98. The van der Waals surface area contributed by atoms with E-state index >= 15 is 0 Å². The van der Waals surface area contributed by atoms with E-state index in [-0.39, 0.29) is 23.6 Å². The average Bonchev–Trinajstić information content (AvgIpc) is 3.42. The van der Waals surface area contributed by atoms with E-state index in [9.17, 15) is 9.59 Å². The van der Waals surface area contributed by atoms with Crippen molar-refractivity contribution in [2.45, 2.75) is 56.7 Å². The van der Waals surface area contributed by atoms with Gasteiger partial charge in [-0.05, 0) is 71.0 Å². The molecule has 0 aliphatic heterocycles. The van der Waals surface area contributed by atoms with Crippen molar-refractivity contribution in [1.29, 1.82) is 0 Å². The maximum atomic E-state index is 14.5. The van der Waals surface area contributed by atoms with Crippen molar-refractivity contribution in [3.63, 3.8) is 0 Å². The highest BCUT2D eigenvalue weighted by Crippen LogP contribution is 2.37. The van der Waals surface area contributed by atoms with Crippen LogP contribution in [0.2, 0.25) is 5.02 Å². The van der Waals surface area contributed by atoms with E-state index in [0.29, 0.717) is 52.2 Å². The predicted molar refractivity (Wildman–Crippen MR) is 173 cm³/mol. The van der Waals surface area contributed by atoms with Crippen molar-refractivity contribution in [2.24, 2.45) is 0 Å². The first-order chi connectivity index (χ1) is 21.3. The normalized spacial score (nSPS) is 18.4. The third-order valence-electron chi connectivity index (χ3n) is 8.68. The van der Waals surface area contributed by atoms with Crippen LogP contribution >= 0.6 is 11.6 Å². The van der Waals surface area contributed by atoms with Crippen LogP contribution in [0.3, 0.4) is 0 Å². The lowest BCUT2D eigenvalue weighted by atomic mass is 9.86. The Morgan fingerprint density at radius 2 is 1.77 bits per heavy atom. The third kappa shape index (κ3) is 5.60. The van der Waals surface area contributed by atoms with E-state index in [1.807, 2.05) is 91.5 Å². The molecule has 1 saturated carbocycles. The summed E-state index contributed by atoms with van der Waals surface area (Å²) in [4.78, 5) is 30.6. The van der Waals surface area contributed by atoms with Crippen LogP contribution in [0.4, 0.5) is 0 Å². The zero-order chi connectivity index (χ0) is 30.8. The number of carbonyl (C=O) groups is 1. The van der Waals surface area contributed by atoms with Gasteiger partial charge in [0.25, 0.3) is 11.5 Å². The molecule has 3 unspecified atom stereocenters. The van der Waals surface area contributed by atoms with E-state index in [1.54, 1.807) is 13.0 Å². The standard InChI is InChI=1S/C35H37ClN4O4/c1-23-30-32(38-44-23)31-28(36)18-11-19-29(31)40(33(30)41)26-15-10-14-25(22-26)37-34(42)35(20-21-39(2)3,24-12-6-4-7-13-24)43-27-16-8-5-9-17-27/h4-9,11-13,16-19,25-26H,10,14-15,20-22H2,1-3H3,(H,37,42). The first kappa shape index (κ1) is 29.9. The highest BCUT2D eigenvalue weighted by molar-refractivity contribution is 6.37. The minimum absolute atomic E-state index is 0.149. The lowest BCUT2D eigenvalue weighted by molar-refractivity contribution is -0.140. The van der Waals surface area contributed by atoms with Gasteiger partial charge in [0.1, 0.15) is 22.4 Å². The van der Waals surface area contributed by atoms with Gasteiger partial charge in [-0.3, -0.25) is 9.59 Å². The molecule has 3 atom stereocenters. The maximum Gasteiger partial charge on any atom is 0.269 e. The number of halogens is 1. The number of aryl methyl sites for hydroxylation is 1. The van der Waals surface area contributed by atoms with Gasteiger partial charge in [-0.2, -0.15) is 0 Å². The molecule has 0 bridgehead atoms. The Morgan fingerprint density at radius 3 is 2.50 bits per heavy atom. The van der Waals surface area contributed by atoms with Crippen LogP contribution in [-0.4, -0.2) is 47.2 Å². The number of benzene rings is 3. The molecule has 8 nitrogen and oxygen atoms in total. The second-order valence-corrected chi connectivity index (χ2v) is 12.3. The van der Waals surface area contributed by atoms with Gasteiger partial charge >= 0.3 is 0 Å². The SMILES string of the molecule is Cc1onc2c1c(=O)n(C1CCCC(NC(=O)C(CCN(C)C)(Oc3ccccc3)c3ccccc3)C1)c1cccc(Cl)c21. The Kier molecular flexibility index (Phi) is 8.47. The number of ether oxygens (including phenoxy) is 1.